The maximum atomic E-state index is 11.5. The van der Waals surface area contributed by atoms with Gasteiger partial charge in [0.1, 0.15) is 4.92 Å². The highest BCUT2D eigenvalue weighted by Gasteiger charge is 2.10. The number of hydrogen-bond donors (Lipinski definition) is 1. The Morgan fingerprint density at radius 2 is 2.37 bits per heavy atom. The summed E-state index contributed by atoms with van der Waals surface area (Å²) in [4.78, 5) is 22.1. The molecule has 1 N–H and O–H groups in total. The third-order valence-electron chi connectivity index (χ3n) is 2.09. The minimum atomic E-state index is -0.646. The number of hydrazone groups is 1. The van der Waals surface area contributed by atoms with Crippen molar-refractivity contribution < 1.29 is 14.1 Å². The molecule has 7 nitrogen and oxygen atoms in total. The molecule has 1 amide bonds. The molecule has 2 aromatic heterocycles. The van der Waals surface area contributed by atoms with Crippen molar-refractivity contribution in [2.24, 2.45) is 5.10 Å². The van der Waals surface area contributed by atoms with Gasteiger partial charge in [-0.3, -0.25) is 14.9 Å². The van der Waals surface area contributed by atoms with Crippen LogP contribution in [0.2, 0.25) is 0 Å². The summed E-state index contributed by atoms with van der Waals surface area (Å²) in [6, 6.07) is 6.32. The number of thiophene rings is 1. The lowest BCUT2D eigenvalue weighted by Gasteiger charge is -1.95. The first-order chi connectivity index (χ1) is 9.15. The molecule has 0 radical (unpaired) electrons. The highest BCUT2D eigenvalue weighted by molar-refractivity contribution is 7.10. The van der Waals surface area contributed by atoms with Crippen molar-refractivity contribution >= 4 is 29.3 Å². The maximum absolute atomic E-state index is 11.5. The largest absolute Gasteiger partial charge is 0.433 e. The smallest absolute Gasteiger partial charge is 0.400 e. The fraction of sp³-hybridized carbons (Fsp3) is 0.0909. The Morgan fingerprint density at radius 1 is 1.53 bits per heavy atom. The number of furan rings is 1. The van der Waals surface area contributed by atoms with Crippen LogP contribution < -0.4 is 5.43 Å². The number of amides is 1. The Kier molecular flexibility index (Phi) is 4.04. The minimum absolute atomic E-state index is 0.197. The predicted molar refractivity (Wildman–Crippen MR) is 69.1 cm³/mol. The van der Waals surface area contributed by atoms with Gasteiger partial charge in [-0.25, -0.2) is 5.43 Å². The van der Waals surface area contributed by atoms with Crippen molar-refractivity contribution in [2.45, 2.75) is 6.42 Å². The summed E-state index contributed by atoms with van der Waals surface area (Å²) in [6.07, 6.45) is 1.45. The van der Waals surface area contributed by atoms with Crippen LogP contribution in [0.5, 0.6) is 0 Å². The first-order valence-electron chi connectivity index (χ1n) is 5.23. The van der Waals surface area contributed by atoms with Crippen LogP contribution in [-0.4, -0.2) is 17.0 Å². The Morgan fingerprint density at radius 3 is 3.00 bits per heavy atom. The highest BCUT2D eigenvalue weighted by atomic mass is 32.1. The first kappa shape index (κ1) is 13.0. The van der Waals surface area contributed by atoms with E-state index in [-0.39, 0.29) is 24.0 Å². The zero-order chi connectivity index (χ0) is 13.7. The molecule has 0 spiro atoms. The van der Waals surface area contributed by atoms with Crippen molar-refractivity contribution in [3.63, 3.8) is 0 Å². The third-order valence-corrected chi connectivity index (χ3v) is 2.96. The number of carbonyl (C=O) groups is 1. The molecule has 0 aliphatic carbocycles. The van der Waals surface area contributed by atoms with Crippen LogP contribution >= 0.6 is 11.3 Å². The molecule has 0 unspecified atom stereocenters. The summed E-state index contributed by atoms with van der Waals surface area (Å²) < 4.78 is 4.84. The number of hydrogen-bond acceptors (Lipinski definition) is 6. The zero-order valence-electron chi connectivity index (χ0n) is 9.61. The van der Waals surface area contributed by atoms with Crippen LogP contribution in [0.15, 0.2) is 39.2 Å². The van der Waals surface area contributed by atoms with Crippen LogP contribution in [0.4, 0.5) is 5.88 Å². The molecule has 0 atom stereocenters. The van der Waals surface area contributed by atoms with E-state index in [1.807, 2.05) is 17.5 Å². The molecule has 2 aromatic rings. The van der Waals surface area contributed by atoms with Crippen LogP contribution in [0.3, 0.4) is 0 Å². The van der Waals surface area contributed by atoms with Gasteiger partial charge in [0.15, 0.2) is 5.76 Å². The second-order valence-electron chi connectivity index (χ2n) is 3.48. The summed E-state index contributed by atoms with van der Waals surface area (Å²) in [5.41, 5.74) is 2.32. The van der Waals surface area contributed by atoms with E-state index in [1.54, 1.807) is 0 Å². The standard InChI is InChI=1S/C11H9N3O4S/c15-10(6-9-2-1-5-19-9)13-12-7-8-3-4-11(18-8)14(16)17/h1-5,7H,6H2,(H,13,15)/b12-7-. The number of nitrogens with one attached hydrogen (secondary N) is 1. The van der Waals surface area contributed by atoms with Crippen molar-refractivity contribution in [1.82, 2.24) is 5.43 Å². The SMILES string of the molecule is O=C(Cc1cccs1)N/N=C\c1ccc([N+](=O)[O-])o1. The molecule has 0 aliphatic heterocycles. The minimum Gasteiger partial charge on any atom is -0.400 e. The van der Waals surface area contributed by atoms with Crippen LogP contribution in [0, 0.1) is 10.1 Å². The molecule has 0 saturated heterocycles. The van der Waals surface area contributed by atoms with Gasteiger partial charge in [0.25, 0.3) is 0 Å². The van der Waals surface area contributed by atoms with Crippen molar-refractivity contribution in [3.8, 4) is 0 Å². The average Bonchev–Trinajstić information content (AvgIpc) is 3.00. The molecular formula is C11H9N3O4S. The fourth-order valence-corrected chi connectivity index (χ4v) is 1.99. The van der Waals surface area contributed by atoms with E-state index >= 15 is 0 Å². The van der Waals surface area contributed by atoms with Crippen molar-refractivity contribution in [1.29, 1.82) is 0 Å². The van der Waals surface area contributed by atoms with E-state index in [0.29, 0.717) is 0 Å². The fourth-order valence-electron chi connectivity index (χ4n) is 1.29. The quantitative estimate of drug-likeness (QED) is 0.513. The van der Waals surface area contributed by atoms with E-state index in [4.69, 9.17) is 4.42 Å². The van der Waals surface area contributed by atoms with Gasteiger partial charge in [-0.2, -0.15) is 5.10 Å². The summed E-state index contributed by atoms with van der Waals surface area (Å²) in [6.45, 7) is 0. The molecule has 0 aliphatic rings. The summed E-state index contributed by atoms with van der Waals surface area (Å²) >= 11 is 1.48. The van der Waals surface area contributed by atoms with Crippen molar-refractivity contribution in [3.05, 3.63) is 50.4 Å². The molecule has 8 heteroatoms. The Hall–Kier alpha value is -2.48. The molecule has 0 saturated carbocycles. The molecule has 0 bridgehead atoms. The van der Waals surface area contributed by atoms with E-state index in [2.05, 4.69) is 10.5 Å². The van der Waals surface area contributed by atoms with Crippen molar-refractivity contribution in [2.75, 3.05) is 0 Å². The lowest BCUT2D eigenvalue weighted by atomic mass is 10.3. The van der Waals surface area contributed by atoms with Crippen LogP contribution in [0.25, 0.3) is 0 Å². The van der Waals surface area contributed by atoms with Gasteiger partial charge in [0.05, 0.1) is 18.7 Å². The zero-order valence-corrected chi connectivity index (χ0v) is 10.4. The second kappa shape index (κ2) is 5.91. The van der Waals surface area contributed by atoms with E-state index in [9.17, 15) is 14.9 Å². The van der Waals surface area contributed by atoms with Crippen LogP contribution in [0.1, 0.15) is 10.6 Å². The summed E-state index contributed by atoms with van der Waals surface area (Å²) in [7, 11) is 0. The molecule has 0 fully saturated rings. The Bertz CT molecular complexity index is 603. The Labute approximate surface area is 111 Å². The van der Waals surface area contributed by atoms with Gasteiger partial charge in [-0.05, 0) is 17.5 Å². The van der Waals surface area contributed by atoms with E-state index < -0.39 is 4.92 Å². The first-order valence-corrected chi connectivity index (χ1v) is 6.11. The van der Waals surface area contributed by atoms with E-state index in [0.717, 1.165) is 4.88 Å². The van der Waals surface area contributed by atoms with Gasteiger partial charge in [0, 0.05) is 4.88 Å². The van der Waals surface area contributed by atoms with E-state index in [1.165, 1.54) is 29.7 Å². The maximum Gasteiger partial charge on any atom is 0.433 e. The molecule has 2 heterocycles. The number of carbonyl (C=O) groups excluding carboxylic acids is 1. The molecule has 2 rings (SSSR count). The third kappa shape index (κ3) is 3.75. The molecule has 98 valence electrons. The number of nitrogens with zero attached hydrogens (tertiary/aromatic N) is 2. The van der Waals surface area contributed by atoms with Gasteiger partial charge in [-0.15, -0.1) is 11.3 Å². The summed E-state index contributed by atoms with van der Waals surface area (Å²) in [5.74, 6) is -0.436. The van der Waals surface area contributed by atoms with Gasteiger partial charge < -0.3 is 4.42 Å². The van der Waals surface area contributed by atoms with Gasteiger partial charge in [-0.1, -0.05) is 6.07 Å². The molecule has 19 heavy (non-hydrogen) atoms. The topological polar surface area (TPSA) is 97.7 Å². The number of nitro groups is 1. The van der Waals surface area contributed by atoms with Gasteiger partial charge in [0.2, 0.25) is 5.91 Å². The summed E-state index contributed by atoms with van der Waals surface area (Å²) in [5, 5.41) is 15.9. The van der Waals surface area contributed by atoms with Crippen LogP contribution in [-0.2, 0) is 11.2 Å². The predicted octanol–water partition coefficient (Wildman–Crippen LogP) is 1.94. The highest BCUT2D eigenvalue weighted by Crippen LogP contribution is 2.13. The lowest BCUT2D eigenvalue weighted by Crippen LogP contribution is -2.19. The second-order valence-corrected chi connectivity index (χ2v) is 4.51. The average molecular weight is 279 g/mol. The molecular weight excluding hydrogens is 270 g/mol. The monoisotopic (exact) mass is 279 g/mol. The lowest BCUT2D eigenvalue weighted by molar-refractivity contribution is -0.402. The molecule has 0 aromatic carbocycles. The number of rotatable bonds is 5. The van der Waals surface area contributed by atoms with Gasteiger partial charge >= 0.3 is 5.88 Å². The Balaban J connectivity index is 1.85. The normalized spacial score (nSPS) is 10.7.